The minimum absolute atomic E-state index is 0.0454. The second-order valence-corrected chi connectivity index (χ2v) is 6.08. The number of H-pyrrole nitrogens is 1. The summed E-state index contributed by atoms with van der Waals surface area (Å²) in [7, 11) is 0. The van der Waals surface area contributed by atoms with Gasteiger partial charge in [0.25, 0.3) is 0 Å². The fraction of sp³-hybridized carbons (Fsp3) is 0.300. The molecule has 0 aliphatic carbocycles. The van der Waals surface area contributed by atoms with Gasteiger partial charge in [-0.1, -0.05) is 48.5 Å². The first-order valence-electron chi connectivity index (χ1n) is 8.16. The largest absolute Gasteiger partial charge is 0.376 e. The van der Waals surface area contributed by atoms with E-state index in [-0.39, 0.29) is 12.0 Å². The quantitative estimate of drug-likeness (QED) is 0.793. The number of aryl methyl sites for hydroxylation is 1. The van der Waals surface area contributed by atoms with Crippen LogP contribution < -0.4 is 0 Å². The molecule has 4 rings (SSSR count). The van der Waals surface area contributed by atoms with Crippen LogP contribution >= 0.6 is 0 Å². The number of hydrogen-bond acceptors (Lipinski definition) is 2. The number of rotatable bonds is 3. The van der Waals surface area contributed by atoms with Gasteiger partial charge in [0.15, 0.2) is 0 Å². The molecule has 0 spiro atoms. The predicted molar refractivity (Wildman–Crippen MR) is 91.9 cm³/mol. The molecule has 3 heteroatoms. The highest BCUT2D eigenvalue weighted by molar-refractivity contribution is 5.85. The van der Waals surface area contributed by atoms with Gasteiger partial charge in [-0.15, -0.1) is 0 Å². The number of nitrogens with one attached hydrogen (secondary N) is 1. The number of aromatic nitrogens is 1. The van der Waals surface area contributed by atoms with Crippen LogP contribution in [0.4, 0.5) is 0 Å². The van der Waals surface area contributed by atoms with Gasteiger partial charge >= 0.3 is 0 Å². The lowest BCUT2D eigenvalue weighted by Gasteiger charge is -2.31. The SMILES string of the molecule is Cc1[nH]c2ccccc2c1[C@H](c1ccccc1)[C@@H]1COCCO1. The second-order valence-electron chi connectivity index (χ2n) is 6.08. The summed E-state index contributed by atoms with van der Waals surface area (Å²) in [5, 5.41) is 1.27. The Morgan fingerprint density at radius 1 is 1.00 bits per heavy atom. The smallest absolute Gasteiger partial charge is 0.0919 e. The maximum Gasteiger partial charge on any atom is 0.0919 e. The van der Waals surface area contributed by atoms with Crippen molar-refractivity contribution in [1.29, 1.82) is 0 Å². The van der Waals surface area contributed by atoms with Crippen LogP contribution in [0.1, 0.15) is 22.7 Å². The zero-order chi connectivity index (χ0) is 15.6. The Morgan fingerprint density at radius 3 is 2.57 bits per heavy atom. The average Bonchev–Trinajstić information content (AvgIpc) is 2.94. The molecule has 1 fully saturated rings. The Hall–Kier alpha value is -2.10. The van der Waals surface area contributed by atoms with E-state index < -0.39 is 0 Å². The molecule has 3 aromatic rings. The highest BCUT2D eigenvalue weighted by atomic mass is 16.6. The molecule has 1 aliphatic rings. The summed E-state index contributed by atoms with van der Waals surface area (Å²) in [5.74, 6) is 0.174. The average molecular weight is 307 g/mol. The maximum absolute atomic E-state index is 6.08. The number of para-hydroxylation sites is 1. The predicted octanol–water partition coefficient (Wildman–Crippen LogP) is 4.02. The minimum atomic E-state index is 0.0454. The molecule has 118 valence electrons. The summed E-state index contributed by atoms with van der Waals surface area (Å²) in [6.45, 7) is 4.13. The van der Waals surface area contributed by atoms with Crippen LogP contribution in [0.2, 0.25) is 0 Å². The van der Waals surface area contributed by atoms with E-state index in [4.69, 9.17) is 9.47 Å². The standard InChI is InChI=1S/C20H21NO2/c1-14-19(16-9-5-6-10-17(16)21-14)20(15-7-3-2-4-8-15)18-13-22-11-12-23-18/h2-10,18,20-21H,11-13H2,1H3/t18-,20+/m0/s1. The third kappa shape index (κ3) is 2.67. The first kappa shape index (κ1) is 14.5. The number of benzene rings is 2. The number of aromatic amines is 1. The van der Waals surface area contributed by atoms with Gasteiger partial charge in [0, 0.05) is 22.5 Å². The van der Waals surface area contributed by atoms with Crippen molar-refractivity contribution in [3.8, 4) is 0 Å². The van der Waals surface area contributed by atoms with Crippen LogP contribution in [0.15, 0.2) is 54.6 Å². The molecule has 1 saturated heterocycles. The van der Waals surface area contributed by atoms with Gasteiger partial charge in [0.2, 0.25) is 0 Å². The van der Waals surface area contributed by atoms with Crippen molar-refractivity contribution < 1.29 is 9.47 Å². The van der Waals surface area contributed by atoms with Crippen molar-refractivity contribution in [2.24, 2.45) is 0 Å². The molecule has 0 saturated carbocycles. The summed E-state index contributed by atoms with van der Waals surface area (Å²) >= 11 is 0. The molecule has 1 aliphatic heterocycles. The van der Waals surface area contributed by atoms with Gasteiger partial charge in [-0.05, 0) is 24.1 Å². The third-order valence-corrected chi connectivity index (χ3v) is 4.63. The molecule has 0 radical (unpaired) electrons. The van der Waals surface area contributed by atoms with Crippen molar-refractivity contribution in [2.45, 2.75) is 18.9 Å². The first-order chi connectivity index (χ1) is 11.3. The zero-order valence-electron chi connectivity index (χ0n) is 13.3. The highest BCUT2D eigenvalue weighted by Gasteiger charge is 2.31. The zero-order valence-corrected chi connectivity index (χ0v) is 13.3. The first-order valence-corrected chi connectivity index (χ1v) is 8.16. The van der Waals surface area contributed by atoms with Crippen LogP contribution in [0.3, 0.4) is 0 Å². The molecule has 0 amide bonds. The molecule has 0 bridgehead atoms. The second kappa shape index (κ2) is 6.19. The van der Waals surface area contributed by atoms with E-state index in [1.807, 2.05) is 0 Å². The Bertz CT molecular complexity index is 788. The van der Waals surface area contributed by atoms with E-state index in [1.165, 1.54) is 27.7 Å². The Balaban J connectivity index is 1.88. The van der Waals surface area contributed by atoms with E-state index in [9.17, 15) is 0 Å². The van der Waals surface area contributed by atoms with Crippen molar-refractivity contribution in [3.63, 3.8) is 0 Å². The lowest BCUT2D eigenvalue weighted by Crippen LogP contribution is -2.34. The number of fused-ring (bicyclic) bond motifs is 1. The van der Waals surface area contributed by atoms with Gasteiger partial charge < -0.3 is 14.5 Å². The van der Waals surface area contributed by atoms with Gasteiger partial charge in [-0.25, -0.2) is 0 Å². The van der Waals surface area contributed by atoms with Crippen LogP contribution in [0, 0.1) is 6.92 Å². The summed E-state index contributed by atoms with van der Waals surface area (Å²) in [5.41, 5.74) is 4.98. The molecule has 2 atom stereocenters. The summed E-state index contributed by atoms with van der Waals surface area (Å²) < 4.78 is 11.8. The monoisotopic (exact) mass is 307 g/mol. The lowest BCUT2D eigenvalue weighted by atomic mass is 9.85. The normalized spacial score (nSPS) is 19.8. The summed E-state index contributed by atoms with van der Waals surface area (Å²) in [4.78, 5) is 3.52. The summed E-state index contributed by atoms with van der Waals surface area (Å²) in [6.07, 6.45) is 0.0454. The molecular formula is C20H21NO2. The van der Waals surface area contributed by atoms with E-state index >= 15 is 0 Å². The van der Waals surface area contributed by atoms with Crippen LogP contribution in [0.25, 0.3) is 10.9 Å². The van der Waals surface area contributed by atoms with Crippen molar-refractivity contribution in [1.82, 2.24) is 4.98 Å². The minimum Gasteiger partial charge on any atom is -0.376 e. The topological polar surface area (TPSA) is 34.2 Å². The van der Waals surface area contributed by atoms with Crippen LogP contribution in [0.5, 0.6) is 0 Å². The Kier molecular flexibility index (Phi) is 3.90. The highest BCUT2D eigenvalue weighted by Crippen LogP contribution is 2.37. The van der Waals surface area contributed by atoms with Gasteiger partial charge in [0.05, 0.1) is 25.9 Å². The van der Waals surface area contributed by atoms with Gasteiger partial charge in [-0.3, -0.25) is 0 Å². The maximum atomic E-state index is 6.08. The van der Waals surface area contributed by atoms with E-state index in [1.54, 1.807) is 0 Å². The molecule has 23 heavy (non-hydrogen) atoms. The molecule has 3 nitrogen and oxygen atoms in total. The van der Waals surface area contributed by atoms with Gasteiger partial charge in [-0.2, -0.15) is 0 Å². The Morgan fingerprint density at radius 2 is 1.78 bits per heavy atom. The van der Waals surface area contributed by atoms with Crippen LogP contribution in [-0.4, -0.2) is 30.9 Å². The lowest BCUT2D eigenvalue weighted by molar-refractivity contribution is -0.0936. The molecular weight excluding hydrogens is 286 g/mol. The molecule has 0 unspecified atom stereocenters. The van der Waals surface area contributed by atoms with Gasteiger partial charge in [0.1, 0.15) is 0 Å². The molecule has 1 aromatic heterocycles. The Labute approximate surface area is 136 Å². The number of ether oxygens (including phenoxy) is 2. The molecule has 2 heterocycles. The van der Waals surface area contributed by atoms with Crippen LogP contribution in [-0.2, 0) is 9.47 Å². The molecule has 2 aromatic carbocycles. The number of hydrogen-bond donors (Lipinski definition) is 1. The fourth-order valence-corrected chi connectivity index (χ4v) is 3.63. The van der Waals surface area contributed by atoms with E-state index in [0.29, 0.717) is 19.8 Å². The van der Waals surface area contributed by atoms with Crippen molar-refractivity contribution in [2.75, 3.05) is 19.8 Å². The third-order valence-electron chi connectivity index (χ3n) is 4.63. The van der Waals surface area contributed by atoms with E-state index in [2.05, 4.69) is 66.5 Å². The van der Waals surface area contributed by atoms with Crippen molar-refractivity contribution in [3.05, 3.63) is 71.4 Å². The van der Waals surface area contributed by atoms with Crippen molar-refractivity contribution >= 4 is 10.9 Å². The van der Waals surface area contributed by atoms with E-state index in [0.717, 1.165) is 0 Å². The molecule has 1 N–H and O–H groups in total. The summed E-state index contributed by atoms with van der Waals surface area (Å²) in [6, 6.07) is 19.1. The fourth-order valence-electron chi connectivity index (χ4n) is 3.63.